The van der Waals surface area contributed by atoms with Gasteiger partial charge < -0.3 is 9.64 Å². The summed E-state index contributed by atoms with van der Waals surface area (Å²) in [5.74, 6) is -0.599. The fourth-order valence-corrected chi connectivity index (χ4v) is 2.85. The smallest absolute Gasteiger partial charge is 0.410 e. The Kier molecular flexibility index (Phi) is 6.16. The highest BCUT2D eigenvalue weighted by atomic mass is 35.5. The number of amides is 1. The molecule has 2 heterocycles. The Hall–Kier alpha value is -1.95. The second-order valence-electron chi connectivity index (χ2n) is 7.20. The molecular formula is C18H23ClN2O4. The van der Waals surface area contributed by atoms with Crippen LogP contribution in [0.5, 0.6) is 0 Å². The van der Waals surface area contributed by atoms with E-state index in [4.69, 9.17) is 16.3 Å². The van der Waals surface area contributed by atoms with Gasteiger partial charge in [0.05, 0.1) is 11.4 Å². The third kappa shape index (κ3) is 5.81. The molecule has 1 amide bonds. The van der Waals surface area contributed by atoms with Crippen molar-refractivity contribution in [3.8, 4) is 0 Å². The molecule has 1 aliphatic heterocycles. The Balaban J connectivity index is 1.85. The zero-order chi connectivity index (χ0) is 18.6. The lowest BCUT2D eigenvalue weighted by Crippen LogP contribution is -2.43. The van der Waals surface area contributed by atoms with Crippen molar-refractivity contribution in [1.29, 1.82) is 0 Å². The van der Waals surface area contributed by atoms with Gasteiger partial charge in [0.2, 0.25) is 0 Å². The highest BCUT2D eigenvalue weighted by Gasteiger charge is 2.30. The van der Waals surface area contributed by atoms with Gasteiger partial charge in [-0.1, -0.05) is 11.6 Å². The van der Waals surface area contributed by atoms with Crippen LogP contribution in [-0.2, 0) is 9.53 Å². The van der Waals surface area contributed by atoms with Gasteiger partial charge >= 0.3 is 6.09 Å². The van der Waals surface area contributed by atoms with Gasteiger partial charge in [-0.2, -0.15) is 0 Å². The number of Topliss-reactive ketones (excluding diaryl/α,β-unsaturated/α-hetero) is 2. The Morgan fingerprint density at radius 1 is 1.24 bits per heavy atom. The van der Waals surface area contributed by atoms with Crippen molar-refractivity contribution in [3.63, 3.8) is 0 Å². The summed E-state index contributed by atoms with van der Waals surface area (Å²) < 4.78 is 5.33. The zero-order valence-electron chi connectivity index (χ0n) is 14.8. The van der Waals surface area contributed by atoms with E-state index in [0.29, 0.717) is 36.5 Å². The molecule has 25 heavy (non-hydrogen) atoms. The summed E-state index contributed by atoms with van der Waals surface area (Å²) >= 11 is 5.82. The highest BCUT2D eigenvalue weighted by Crippen LogP contribution is 2.22. The van der Waals surface area contributed by atoms with Crippen molar-refractivity contribution in [3.05, 3.63) is 29.0 Å². The minimum absolute atomic E-state index is 0.103. The SMILES string of the molecule is CC(C)(C)OC(=O)N1CCC(C(=O)CC(=O)c2cncc(Cl)c2)CC1. The Morgan fingerprint density at radius 2 is 1.88 bits per heavy atom. The number of carbonyl (C=O) groups excluding carboxylic acids is 3. The molecule has 1 saturated heterocycles. The number of hydrogen-bond donors (Lipinski definition) is 0. The number of halogens is 1. The monoisotopic (exact) mass is 366 g/mol. The number of aromatic nitrogens is 1. The quantitative estimate of drug-likeness (QED) is 0.601. The number of ether oxygens (including phenoxy) is 1. The molecular weight excluding hydrogens is 344 g/mol. The van der Waals surface area contributed by atoms with Crippen molar-refractivity contribution >= 4 is 29.3 Å². The van der Waals surface area contributed by atoms with Gasteiger partial charge in [0.15, 0.2) is 5.78 Å². The van der Waals surface area contributed by atoms with Crippen molar-refractivity contribution in [1.82, 2.24) is 9.88 Å². The largest absolute Gasteiger partial charge is 0.444 e. The van der Waals surface area contributed by atoms with E-state index in [1.807, 2.05) is 20.8 Å². The number of hydrogen-bond acceptors (Lipinski definition) is 5. The second-order valence-corrected chi connectivity index (χ2v) is 7.64. The molecule has 0 radical (unpaired) electrons. The molecule has 0 bridgehead atoms. The fourth-order valence-electron chi connectivity index (χ4n) is 2.68. The highest BCUT2D eigenvalue weighted by molar-refractivity contribution is 6.30. The second kappa shape index (κ2) is 7.95. The van der Waals surface area contributed by atoms with Crippen molar-refractivity contribution < 1.29 is 19.1 Å². The van der Waals surface area contributed by atoms with Gasteiger partial charge in [0.25, 0.3) is 0 Å². The first-order chi connectivity index (χ1) is 11.7. The standard InChI is InChI=1S/C18H23ClN2O4/c1-18(2,3)25-17(24)21-6-4-12(5-7-21)15(22)9-16(23)13-8-14(19)11-20-10-13/h8,10-12H,4-7,9H2,1-3H3. The number of ketones is 2. The van der Waals surface area contributed by atoms with Gasteiger partial charge in [-0.3, -0.25) is 14.6 Å². The molecule has 1 aliphatic rings. The summed E-state index contributed by atoms with van der Waals surface area (Å²) in [6, 6.07) is 1.51. The van der Waals surface area contributed by atoms with Crippen molar-refractivity contribution in [2.75, 3.05) is 13.1 Å². The third-order valence-corrected chi connectivity index (χ3v) is 4.17. The van der Waals surface area contributed by atoms with Crippen LogP contribution in [-0.4, -0.2) is 46.2 Å². The summed E-state index contributed by atoms with van der Waals surface area (Å²) in [5, 5.41) is 0.365. The topological polar surface area (TPSA) is 76.6 Å². The molecule has 6 nitrogen and oxygen atoms in total. The van der Waals surface area contributed by atoms with E-state index in [1.54, 1.807) is 4.90 Å². The molecule has 2 rings (SSSR count). The minimum atomic E-state index is -0.541. The van der Waals surface area contributed by atoms with Gasteiger partial charge in [-0.25, -0.2) is 4.79 Å². The lowest BCUT2D eigenvalue weighted by molar-refractivity contribution is -0.123. The van der Waals surface area contributed by atoms with Gasteiger partial charge in [-0.05, 0) is 39.7 Å². The Labute approximate surface area is 152 Å². The fraction of sp³-hybridized carbons (Fsp3) is 0.556. The Bertz CT molecular complexity index is 661. The van der Waals surface area contributed by atoms with Crippen LogP contribution in [0.3, 0.4) is 0 Å². The van der Waals surface area contributed by atoms with Crippen molar-refractivity contribution in [2.45, 2.75) is 45.6 Å². The Morgan fingerprint density at radius 3 is 2.44 bits per heavy atom. The molecule has 0 saturated carbocycles. The molecule has 0 N–H and O–H groups in total. The van der Waals surface area contributed by atoms with Crippen LogP contribution >= 0.6 is 11.6 Å². The first-order valence-corrected chi connectivity index (χ1v) is 8.68. The molecule has 136 valence electrons. The lowest BCUT2D eigenvalue weighted by atomic mass is 9.89. The number of pyridine rings is 1. The first-order valence-electron chi connectivity index (χ1n) is 8.30. The predicted molar refractivity (Wildman–Crippen MR) is 93.7 cm³/mol. The van der Waals surface area contributed by atoms with E-state index in [0.717, 1.165) is 0 Å². The van der Waals surface area contributed by atoms with Crippen LogP contribution in [0.15, 0.2) is 18.5 Å². The van der Waals surface area contributed by atoms with Gasteiger partial charge in [0, 0.05) is 37.0 Å². The molecule has 0 spiro atoms. The first kappa shape index (κ1) is 19.4. The number of likely N-dealkylation sites (tertiary alicyclic amines) is 1. The molecule has 1 fully saturated rings. The number of rotatable bonds is 4. The average Bonchev–Trinajstić information content (AvgIpc) is 2.53. The third-order valence-electron chi connectivity index (χ3n) is 3.96. The molecule has 0 aliphatic carbocycles. The maximum Gasteiger partial charge on any atom is 0.410 e. The molecule has 0 aromatic carbocycles. The predicted octanol–water partition coefficient (Wildman–Crippen LogP) is 3.52. The molecule has 0 atom stereocenters. The lowest BCUT2D eigenvalue weighted by Gasteiger charge is -2.32. The van der Waals surface area contributed by atoms with Crippen LogP contribution in [0.2, 0.25) is 5.02 Å². The maximum atomic E-state index is 12.4. The van der Waals surface area contributed by atoms with Crippen LogP contribution in [0.25, 0.3) is 0 Å². The summed E-state index contributed by atoms with van der Waals surface area (Å²) in [6.45, 7) is 6.36. The normalized spacial score (nSPS) is 15.8. The van der Waals surface area contributed by atoms with Crippen LogP contribution in [0.1, 0.15) is 50.4 Å². The molecule has 7 heteroatoms. The minimum Gasteiger partial charge on any atom is -0.444 e. The van der Waals surface area contributed by atoms with E-state index in [2.05, 4.69) is 4.98 Å². The number of carbonyl (C=O) groups is 3. The summed E-state index contributed by atoms with van der Waals surface area (Å²) in [6.07, 6.45) is 3.40. The van der Waals surface area contributed by atoms with E-state index < -0.39 is 5.60 Å². The summed E-state index contributed by atoms with van der Waals surface area (Å²) in [7, 11) is 0. The zero-order valence-corrected chi connectivity index (χ0v) is 15.5. The van der Waals surface area contributed by atoms with E-state index in [-0.39, 0.29) is 30.0 Å². The summed E-state index contributed by atoms with van der Waals surface area (Å²) in [5.41, 5.74) is -0.201. The molecule has 1 aromatic rings. The molecule has 0 unspecified atom stereocenters. The summed E-state index contributed by atoms with van der Waals surface area (Å²) in [4.78, 5) is 42.0. The van der Waals surface area contributed by atoms with E-state index >= 15 is 0 Å². The number of piperidine rings is 1. The van der Waals surface area contributed by atoms with Crippen LogP contribution in [0, 0.1) is 5.92 Å². The number of nitrogens with zero attached hydrogens (tertiary/aromatic N) is 2. The van der Waals surface area contributed by atoms with E-state index in [9.17, 15) is 14.4 Å². The average molecular weight is 367 g/mol. The molecule has 1 aromatic heterocycles. The maximum absolute atomic E-state index is 12.4. The van der Waals surface area contributed by atoms with Crippen molar-refractivity contribution in [2.24, 2.45) is 5.92 Å². The van der Waals surface area contributed by atoms with Crippen LogP contribution < -0.4 is 0 Å². The van der Waals surface area contributed by atoms with Crippen LogP contribution in [0.4, 0.5) is 4.79 Å². The van der Waals surface area contributed by atoms with Gasteiger partial charge in [0.1, 0.15) is 11.4 Å². The van der Waals surface area contributed by atoms with Gasteiger partial charge in [-0.15, -0.1) is 0 Å². The van der Waals surface area contributed by atoms with E-state index in [1.165, 1.54) is 18.5 Å².